The molecule has 1 aliphatic rings. The van der Waals surface area contributed by atoms with Crippen molar-refractivity contribution in [2.45, 2.75) is 58.5 Å². The smallest absolute Gasteiger partial charge is 0.123 e. The predicted molar refractivity (Wildman–Crippen MR) is 76.5 cm³/mol. The third-order valence-corrected chi connectivity index (χ3v) is 4.59. The Balaban J connectivity index is 2.01. The maximum absolute atomic E-state index is 13.3. The van der Waals surface area contributed by atoms with Crippen molar-refractivity contribution >= 4 is 0 Å². The summed E-state index contributed by atoms with van der Waals surface area (Å²) in [5.74, 6) is 0.884. The maximum Gasteiger partial charge on any atom is 0.123 e. The molecular weight excluding hydrogens is 239 g/mol. The molecule has 0 heterocycles. The maximum atomic E-state index is 13.3. The standard InChI is InChI=1S/C17H25FO/c1-3-4-13-6-8-14(9-7-13)17(19)16-11-15(18)10-5-12(16)2/h5,10-11,13-14,17,19H,3-4,6-9H2,1-2H3. The second-order valence-electron chi connectivity index (χ2n) is 6.02. The normalized spacial score (nSPS) is 25.3. The number of halogens is 1. The second kappa shape index (κ2) is 6.51. The van der Waals surface area contributed by atoms with Crippen LogP contribution in [0.2, 0.25) is 0 Å². The summed E-state index contributed by atoms with van der Waals surface area (Å²) >= 11 is 0. The van der Waals surface area contributed by atoms with E-state index in [0.717, 1.165) is 29.9 Å². The van der Waals surface area contributed by atoms with Gasteiger partial charge in [-0.05, 0) is 54.9 Å². The van der Waals surface area contributed by atoms with Gasteiger partial charge in [0.25, 0.3) is 0 Å². The molecule has 19 heavy (non-hydrogen) atoms. The molecule has 0 saturated heterocycles. The van der Waals surface area contributed by atoms with Crippen LogP contribution in [0.5, 0.6) is 0 Å². The summed E-state index contributed by atoms with van der Waals surface area (Å²) in [5.41, 5.74) is 1.77. The molecule has 0 amide bonds. The van der Waals surface area contributed by atoms with Crippen molar-refractivity contribution in [1.82, 2.24) is 0 Å². The Bertz CT molecular complexity index is 408. The van der Waals surface area contributed by atoms with Gasteiger partial charge in [0.1, 0.15) is 5.82 Å². The molecule has 0 aliphatic heterocycles. The lowest BCUT2D eigenvalue weighted by molar-refractivity contribution is 0.0715. The third kappa shape index (κ3) is 3.56. The van der Waals surface area contributed by atoms with E-state index in [4.69, 9.17) is 0 Å². The summed E-state index contributed by atoms with van der Waals surface area (Å²) < 4.78 is 13.3. The van der Waals surface area contributed by atoms with Crippen molar-refractivity contribution in [2.75, 3.05) is 0 Å². The van der Waals surface area contributed by atoms with Crippen LogP contribution >= 0.6 is 0 Å². The average Bonchev–Trinajstić information content (AvgIpc) is 2.42. The molecular formula is C17H25FO. The Morgan fingerprint density at radius 1 is 1.26 bits per heavy atom. The molecule has 106 valence electrons. The van der Waals surface area contributed by atoms with Crippen LogP contribution in [-0.2, 0) is 0 Å². The van der Waals surface area contributed by atoms with Crippen molar-refractivity contribution in [3.05, 3.63) is 35.1 Å². The summed E-state index contributed by atoms with van der Waals surface area (Å²) in [7, 11) is 0. The summed E-state index contributed by atoms with van der Waals surface area (Å²) in [6.45, 7) is 4.18. The fourth-order valence-electron chi connectivity index (χ4n) is 3.38. The molecule has 2 heteroatoms. The van der Waals surface area contributed by atoms with Crippen LogP contribution in [-0.4, -0.2) is 5.11 Å². The van der Waals surface area contributed by atoms with Crippen LogP contribution in [0.4, 0.5) is 4.39 Å². The molecule has 1 fully saturated rings. The topological polar surface area (TPSA) is 20.2 Å². The van der Waals surface area contributed by atoms with Crippen molar-refractivity contribution in [1.29, 1.82) is 0 Å². The summed E-state index contributed by atoms with van der Waals surface area (Å²) in [5, 5.41) is 10.5. The Labute approximate surface area is 115 Å². The molecule has 0 bridgehead atoms. The van der Waals surface area contributed by atoms with Crippen molar-refractivity contribution < 1.29 is 9.50 Å². The molecule has 0 spiro atoms. The molecule has 1 atom stereocenters. The van der Waals surface area contributed by atoms with E-state index in [1.165, 1.54) is 37.8 Å². The first-order valence-electron chi connectivity index (χ1n) is 7.56. The molecule has 1 aliphatic carbocycles. The molecule has 0 aromatic heterocycles. The Kier molecular flexibility index (Phi) is 4.98. The van der Waals surface area contributed by atoms with E-state index >= 15 is 0 Å². The van der Waals surface area contributed by atoms with E-state index in [0.29, 0.717) is 5.92 Å². The number of aryl methyl sites for hydroxylation is 1. The minimum atomic E-state index is -0.502. The lowest BCUT2D eigenvalue weighted by Crippen LogP contribution is -2.21. The molecule has 0 radical (unpaired) electrons. The average molecular weight is 264 g/mol. The highest BCUT2D eigenvalue weighted by Gasteiger charge is 2.27. The minimum Gasteiger partial charge on any atom is -0.388 e. The summed E-state index contributed by atoms with van der Waals surface area (Å²) in [4.78, 5) is 0. The van der Waals surface area contributed by atoms with Crippen LogP contribution in [0.1, 0.15) is 62.7 Å². The van der Waals surface area contributed by atoms with Crippen molar-refractivity contribution in [2.24, 2.45) is 11.8 Å². The van der Waals surface area contributed by atoms with E-state index in [1.54, 1.807) is 6.07 Å². The first kappa shape index (κ1) is 14.5. The van der Waals surface area contributed by atoms with Crippen LogP contribution in [0.15, 0.2) is 18.2 Å². The Morgan fingerprint density at radius 2 is 1.95 bits per heavy atom. The number of hydrogen-bond donors (Lipinski definition) is 1. The van der Waals surface area contributed by atoms with Gasteiger partial charge in [0, 0.05) is 0 Å². The highest BCUT2D eigenvalue weighted by molar-refractivity contribution is 5.29. The lowest BCUT2D eigenvalue weighted by Gasteiger charge is -2.32. The summed E-state index contributed by atoms with van der Waals surface area (Å²) in [6.07, 6.45) is 6.62. The quantitative estimate of drug-likeness (QED) is 0.830. The van der Waals surface area contributed by atoms with Gasteiger partial charge in [0.2, 0.25) is 0 Å². The zero-order valence-electron chi connectivity index (χ0n) is 12.0. The number of benzene rings is 1. The van der Waals surface area contributed by atoms with Crippen molar-refractivity contribution in [3.8, 4) is 0 Å². The van der Waals surface area contributed by atoms with Gasteiger partial charge in [0.05, 0.1) is 6.10 Å². The molecule has 1 N–H and O–H groups in total. The third-order valence-electron chi connectivity index (χ3n) is 4.59. The molecule has 1 saturated carbocycles. The molecule has 1 aromatic rings. The van der Waals surface area contributed by atoms with Gasteiger partial charge in [-0.3, -0.25) is 0 Å². The van der Waals surface area contributed by atoms with Crippen LogP contribution in [0, 0.1) is 24.6 Å². The van der Waals surface area contributed by atoms with E-state index < -0.39 is 6.10 Å². The van der Waals surface area contributed by atoms with Gasteiger partial charge in [-0.25, -0.2) is 4.39 Å². The SMILES string of the molecule is CCCC1CCC(C(O)c2cc(F)ccc2C)CC1. The molecule has 1 unspecified atom stereocenters. The first-order valence-corrected chi connectivity index (χ1v) is 7.56. The highest BCUT2D eigenvalue weighted by atomic mass is 19.1. The second-order valence-corrected chi connectivity index (χ2v) is 6.02. The monoisotopic (exact) mass is 264 g/mol. The lowest BCUT2D eigenvalue weighted by atomic mass is 9.76. The predicted octanol–water partition coefficient (Wildman–Crippen LogP) is 4.77. The van der Waals surface area contributed by atoms with Crippen LogP contribution in [0.25, 0.3) is 0 Å². The minimum absolute atomic E-state index is 0.251. The van der Waals surface area contributed by atoms with Gasteiger partial charge < -0.3 is 5.11 Å². The number of aliphatic hydroxyl groups excluding tert-OH is 1. The first-order chi connectivity index (χ1) is 9.11. The fourth-order valence-corrected chi connectivity index (χ4v) is 3.38. The molecule has 1 nitrogen and oxygen atoms in total. The Hall–Kier alpha value is -0.890. The highest BCUT2D eigenvalue weighted by Crippen LogP contribution is 2.39. The van der Waals surface area contributed by atoms with Gasteiger partial charge >= 0.3 is 0 Å². The number of aliphatic hydroxyl groups is 1. The van der Waals surface area contributed by atoms with E-state index in [-0.39, 0.29) is 5.82 Å². The number of rotatable bonds is 4. The largest absolute Gasteiger partial charge is 0.388 e. The van der Waals surface area contributed by atoms with Gasteiger partial charge in [-0.1, -0.05) is 38.7 Å². The van der Waals surface area contributed by atoms with Gasteiger partial charge in [-0.15, -0.1) is 0 Å². The van der Waals surface area contributed by atoms with E-state index in [1.807, 2.05) is 6.92 Å². The van der Waals surface area contributed by atoms with Gasteiger partial charge in [-0.2, -0.15) is 0 Å². The van der Waals surface area contributed by atoms with Crippen LogP contribution in [0.3, 0.4) is 0 Å². The van der Waals surface area contributed by atoms with Gasteiger partial charge in [0.15, 0.2) is 0 Å². The van der Waals surface area contributed by atoms with E-state index in [2.05, 4.69) is 6.92 Å². The van der Waals surface area contributed by atoms with E-state index in [9.17, 15) is 9.50 Å². The summed E-state index contributed by atoms with van der Waals surface area (Å²) in [6, 6.07) is 4.72. The zero-order valence-corrected chi connectivity index (χ0v) is 12.0. The van der Waals surface area contributed by atoms with Crippen LogP contribution < -0.4 is 0 Å². The number of hydrogen-bond acceptors (Lipinski definition) is 1. The molecule has 1 aromatic carbocycles. The zero-order chi connectivity index (χ0) is 13.8. The Morgan fingerprint density at radius 3 is 2.58 bits per heavy atom. The molecule has 2 rings (SSSR count). The fraction of sp³-hybridized carbons (Fsp3) is 0.647. The van der Waals surface area contributed by atoms with Crippen molar-refractivity contribution in [3.63, 3.8) is 0 Å².